The van der Waals surface area contributed by atoms with E-state index >= 15 is 0 Å². The van der Waals surface area contributed by atoms with Crippen LogP contribution in [0.25, 0.3) is 22.0 Å². The monoisotopic (exact) mass is 500 g/mol. The van der Waals surface area contributed by atoms with Crippen LogP contribution in [0, 0.1) is 0 Å². The number of pyridine rings is 1. The first-order valence-corrected chi connectivity index (χ1v) is 11.9. The molecule has 1 N–H and O–H groups in total. The zero-order valence-corrected chi connectivity index (χ0v) is 20.2. The van der Waals surface area contributed by atoms with Gasteiger partial charge in [-0.1, -0.05) is 48.0 Å². The van der Waals surface area contributed by atoms with Crippen molar-refractivity contribution in [1.82, 2.24) is 14.1 Å². The number of ether oxygens (including phenoxy) is 1. The number of hydrogen-bond acceptors (Lipinski definition) is 4. The molecule has 5 aromatic rings. The number of benzene rings is 3. The zero-order valence-electron chi connectivity index (χ0n) is 22.4. The lowest BCUT2D eigenvalue weighted by atomic mass is 9.82. The summed E-state index contributed by atoms with van der Waals surface area (Å²) < 4.78 is 32.7. The third-order valence-electron chi connectivity index (χ3n) is 6.86. The molecule has 6 bridgehead atoms. The summed E-state index contributed by atoms with van der Waals surface area (Å²) in [4.78, 5) is 17.4. The van der Waals surface area contributed by atoms with E-state index in [9.17, 15) is 9.90 Å². The van der Waals surface area contributed by atoms with Gasteiger partial charge in [0.25, 0.3) is 5.56 Å². The highest BCUT2D eigenvalue weighted by Crippen LogP contribution is 2.41. The van der Waals surface area contributed by atoms with Crippen molar-refractivity contribution in [3.63, 3.8) is 0 Å². The Kier molecular flexibility index (Phi) is 4.49. The summed E-state index contributed by atoms with van der Waals surface area (Å²) in [5.41, 5.74) is 1.62. The molecule has 3 heterocycles. The molecule has 3 aromatic carbocycles. The molecule has 1 atom stereocenters. The number of hydrogen-bond donors (Lipinski definition) is 1. The average Bonchev–Trinajstić information content (AvgIpc) is 3.33. The van der Waals surface area contributed by atoms with E-state index in [0.717, 1.165) is 15.7 Å². The Morgan fingerprint density at radius 3 is 2.75 bits per heavy atom. The molecule has 6 rings (SSSR count). The molecular weight excluding hydrogens is 474 g/mol. The second-order valence-electron chi connectivity index (χ2n) is 9.01. The van der Waals surface area contributed by atoms with E-state index in [4.69, 9.17) is 20.5 Å². The third kappa shape index (κ3) is 3.45. The topological polar surface area (TPSA) is 69.3 Å². The number of nitrogens with zero attached hydrogens (tertiary/aromatic N) is 3. The Balaban J connectivity index is 1.77. The van der Waals surface area contributed by atoms with Crippen molar-refractivity contribution >= 4 is 22.5 Å². The van der Waals surface area contributed by atoms with Gasteiger partial charge in [0.1, 0.15) is 5.75 Å². The molecule has 6 nitrogen and oxygen atoms in total. The van der Waals surface area contributed by atoms with Gasteiger partial charge in [-0.25, -0.2) is 4.98 Å². The molecule has 36 heavy (non-hydrogen) atoms. The van der Waals surface area contributed by atoms with Crippen molar-refractivity contribution in [2.24, 2.45) is 14.0 Å². The first-order chi connectivity index (χ1) is 18.6. The minimum Gasteiger partial charge on any atom is -0.492 e. The fourth-order valence-electron chi connectivity index (χ4n) is 4.98. The maximum Gasteiger partial charge on any atom is 0.251 e. The Labute approximate surface area is 217 Å². The Morgan fingerprint density at radius 1 is 1.11 bits per heavy atom. The van der Waals surface area contributed by atoms with Gasteiger partial charge in [-0.3, -0.25) is 4.79 Å². The van der Waals surface area contributed by atoms with Crippen LogP contribution in [0.1, 0.15) is 26.5 Å². The fraction of sp³-hybridized carbons (Fsp3) is 0.172. The maximum absolute atomic E-state index is 13.2. The number of imidazole rings is 1. The smallest absolute Gasteiger partial charge is 0.251 e. The first-order valence-electron chi connectivity index (χ1n) is 13.0. The quantitative estimate of drug-likeness (QED) is 0.358. The summed E-state index contributed by atoms with van der Waals surface area (Å²) in [6.45, 7) is -2.36. The Bertz CT molecular complexity index is 1810. The largest absolute Gasteiger partial charge is 0.492 e. The molecule has 7 heteroatoms. The van der Waals surface area contributed by atoms with Gasteiger partial charge in [0.2, 0.25) is 0 Å². The standard InChI is InChI=1S/C29H24ClN3O3/c1-32-17-31-16-27(32)29(35)20-7-9-25-23(13-20)22(15-28(34)33(25)2)19-5-3-4-18(12-19)10-11-36-26-14-21(29)6-8-24(26)30/h3-9,12-17,35H,10-11H2,1-2H3/t29-/m1/s1/i2D3. The van der Waals surface area contributed by atoms with Crippen LogP contribution in [0.2, 0.25) is 5.02 Å². The molecule has 0 radical (unpaired) electrons. The average molecular weight is 501 g/mol. The van der Waals surface area contributed by atoms with Crippen LogP contribution in [0.15, 0.2) is 84.0 Å². The summed E-state index contributed by atoms with van der Waals surface area (Å²) in [5, 5.41) is 13.5. The van der Waals surface area contributed by atoms with Crippen LogP contribution < -0.4 is 10.3 Å². The van der Waals surface area contributed by atoms with E-state index in [-0.39, 0.29) is 5.52 Å². The predicted molar refractivity (Wildman–Crippen MR) is 141 cm³/mol. The van der Waals surface area contributed by atoms with Crippen LogP contribution in [0.3, 0.4) is 0 Å². The lowest BCUT2D eigenvalue weighted by Gasteiger charge is -2.31. The minimum absolute atomic E-state index is 0.242. The van der Waals surface area contributed by atoms with E-state index in [2.05, 4.69) is 4.98 Å². The highest BCUT2D eigenvalue weighted by molar-refractivity contribution is 6.32. The van der Waals surface area contributed by atoms with E-state index in [0.29, 0.717) is 51.6 Å². The molecule has 0 fully saturated rings. The molecule has 0 unspecified atom stereocenters. The molecule has 0 aliphatic carbocycles. The van der Waals surface area contributed by atoms with Crippen molar-refractivity contribution in [2.45, 2.75) is 12.0 Å². The number of rotatable bonds is 1. The van der Waals surface area contributed by atoms with Gasteiger partial charge in [-0.05, 0) is 52.1 Å². The van der Waals surface area contributed by atoms with E-state index in [1.165, 1.54) is 6.07 Å². The predicted octanol–water partition coefficient (Wildman–Crippen LogP) is 4.81. The van der Waals surface area contributed by atoms with E-state index in [1.54, 1.807) is 60.5 Å². The second-order valence-corrected chi connectivity index (χ2v) is 9.42. The molecule has 0 amide bonds. The van der Waals surface area contributed by atoms with Crippen LogP contribution in [-0.4, -0.2) is 25.8 Å². The number of aromatic nitrogens is 3. The van der Waals surface area contributed by atoms with Crippen molar-refractivity contribution in [3.05, 3.63) is 117 Å². The van der Waals surface area contributed by atoms with E-state index < -0.39 is 18.1 Å². The van der Waals surface area contributed by atoms with Crippen LogP contribution in [0.5, 0.6) is 5.75 Å². The highest BCUT2D eigenvalue weighted by atomic mass is 35.5. The van der Waals surface area contributed by atoms with E-state index in [1.807, 2.05) is 24.3 Å². The summed E-state index contributed by atoms with van der Waals surface area (Å²) in [6, 6.07) is 19.1. The highest BCUT2D eigenvalue weighted by Gasteiger charge is 2.37. The molecule has 1 aliphatic rings. The number of halogens is 1. The van der Waals surface area contributed by atoms with Gasteiger partial charge in [-0.15, -0.1) is 0 Å². The minimum atomic E-state index is -2.70. The second kappa shape index (κ2) is 8.36. The summed E-state index contributed by atoms with van der Waals surface area (Å²) in [7, 11) is 1.78. The van der Waals surface area contributed by atoms with Gasteiger partial charge in [-0.2, -0.15) is 0 Å². The van der Waals surface area contributed by atoms with Gasteiger partial charge in [0.15, 0.2) is 5.60 Å². The number of aryl methyl sites for hydroxylation is 2. The van der Waals surface area contributed by atoms with Gasteiger partial charge in [0, 0.05) is 36.0 Å². The molecule has 1 aliphatic heterocycles. The summed E-state index contributed by atoms with van der Waals surface area (Å²) >= 11 is 6.48. The summed E-state index contributed by atoms with van der Waals surface area (Å²) in [6.07, 6.45) is 3.74. The van der Waals surface area contributed by atoms with Crippen LogP contribution >= 0.6 is 11.6 Å². The molecule has 180 valence electrons. The third-order valence-corrected chi connectivity index (χ3v) is 7.17. The summed E-state index contributed by atoms with van der Waals surface area (Å²) in [5.74, 6) is 0.431. The van der Waals surface area contributed by atoms with Crippen molar-refractivity contribution in [3.8, 4) is 16.9 Å². The van der Waals surface area contributed by atoms with Crippen molar-refractivity contribution < 1.29 is 14.0 Å². The SMILES string of the molecule is [2H]C([2H])([2H])n1c(=O)cc2c3cc(ccc31)[C@](O)(c1cncn1C)c1ccc(Cl)c(c1)OCCc1cccc-2c1. The number of fused-ring (bicyclic) bond motifs is 6. The normalized spacial score (nSPS) is 18.7. The van der Waals surface area contributed by atoms with Crippen LogP contribution in [-0.2, 0) is 26.0 Å². The first kappa shape index (κ1) is 19.3. The van der Waals surface area contributed by atoms with Crippen molar-refractivity contribution in [2.75, 3.05) is 6.61 Å². The lowest BCUT2D eigenvalue weighted by Crippen LogP contribution is -2.31. The van der Waals surface area contributed by atoms with Gasteiger partial charge in [0.05, 0.1) is 35.4 Å². The van der Waals surface area contributed by atoms with Crippen molar-refractivity contribution in [1.29, 1.82) is 0 Å². The maximum atomic E-state index is 13.2. The molecule has 0 spiro atoms. The van der Waals surface area contributed by atoms with Crippen LogP contribution in [0.4, 0.5) is 0 Å². The molecular formula is C29H24ClN3O3. The van der Waals surface area contributed by atoms with Gasteiger partial charge < -0.3 is 19.0 Å². The van der Waals surface area contributed by atoms with Gasteiger partial charge >= 0.3 is 0 Å². The zero-order chi connectivity index (χ0) is 27.5. The fourth-order valence-corrected chi connectivity index (χ4v) is 5.15. The number of aliphatic hydroxyl groups is 1. The molecule has 2 aromatic heterocycles. The molecule has 0 saturated carbocycles. The Hall–Kier alpha value is -3.87. The Morgan fingerprint density at radius 2 is 1.94 bits per heavy atom. The lowest BCUT2D eigenvalue weighted by molar-refractivity contribution is 0.117. The molecule has 0 saturated heterocycles.